The Hall–Kier alpha value is -1.70. The summed E-state index contributed by atoms with van der Waals surface area (Å²) in [7, 11) is -3.88. The summed E-state index contributed by atoms with van der Waals surface area (Å²) < 4.78 is 27.1. The van der Waals surface area contributed by atoms with Gasteiger partial charge in [0.05, 0.1) is 11.0 Å². The molecule has 0 saturated carbocycles. The molecule has 144 valence electrons. The van der Waals surface area contributed by atoms with Gasteiger partial charge in [-0.15, -0.1) is 0 Å². The maximum Gasteiger partial charge on any atom is 0.243 e. The van der Waals surface area contributed by atoms with Gasteiger partial charge in [-0.1, -0.05) is 45.1 Å². The van der Waals surface area contributed by atoms with Crippen molar-refractivity contribution in [1.82, 2.24) is 9.62 Å². The molecule has 26 heavy (non-hydrogen) atoms. The number of nitrogens with one attached hydrogen (secondary N) is 1. The number of benzene rings is 1. The molecule has 1 aromatic carbocycles. The van der Waals surface area contributed by atoms with E-state index in [1.807, 2.05) is 0 Å². The van der Waals surface area contributed by atoms with Crippen molar-refractivity contribution in [3.63, 3.8) is 0 Å². The molecule has 0 spiro atoms. The summed E-state index contributed by atoms with van der Waals surface area (Å²) in [5.41, 5.74) is 1.70. The van der Waals surface area contributed by atoms with Crippen LogP contribution in [-0.2, 0) is 20.2 Å². The predicted molar refractivity (Wildman–Crippen MR) is 101 cm³/mol. The first kappa shape index (κ1) is 20.6. The molecule has 0 aliphatic carbocycles. The summed E-state index contributed by atoms with van der Waals surface area (Å²) in [6.45, 7) is 11.8. The minimum atomic E-state index is -3.88. The topological polar surface area (TPSA) is 86.7 Å². The summed E-state index contributed by atoms with van der Waals surface area (Å²) >= 11 is 0. The largest absolute Gasteiger partial charge is 0.392 e. The lowest BCUT2D eigenvalue weighted by molar-refractivity contribution is -0.124. The Labute approximate surface area is 156 Å². The molecular formula is C19H28N2O4S. The molecule has 2 atom stereocenters. The molecule has 0 radical (unpaired) electrons. The van der Waals surface area contributed by atoms with Gasteiger partial charge in [0.25, 0.3) is 0 Å². The second-order valence-electron chi connectivity index (χ2n) is 7.93. The van der Waals surface area contributed by atoms with Gasteiger partial charge < -0.3 is 10.4 Å². The van der Waals surface area contributed by atoms with E-state index in [4.69, 9.17) is 0 Å². The standard InChI is InChI=1S/C19H28N2O4S/c1-13(2)11-20-18(23)17-10-15(22)12-21(17)26(24,25)16-8-6-14(7-9-16)19(3,4)5/h6-9,15,17,22H,1,10-12H2,2-5H3,(H,20,23)/t15-,17+/m1/s1. The highest BCUT2D eigenvalue weighted by Crippen LogP contribution is 2.29. The quantitative estimate of drug-likeness (QED) is 0.763. The summed E-state index contributed by atoms with van der Waals surface area (Å²) in [6, 6.07) is 5.77. The maximum absolute atomic E-state index is 13.0. The first-order valence-electron chi connectivity index (χ1n) is 8.65. The number of nitrogens with zero attached hydrogens (tertiary/aromatic N) is 1. The van der Waals surface area contributed by atoms with Crippen molar-refractivity contribution in [3.05, 3.63) is 42.0 Å². The van der Waals surface area contributed by atoms with Crippen LogP contribution in [0.25, 0.3) is 0 Å². The number of hydrogen-bond acceptors (Lipinski definition) is 4. The van der Waals surface area contributed by atoms with Crippen LogP contribution < -0.4 is 5.32 Å². The molecule has 1 aliphatic heterocycles. The summed E-state index contributed by atoms with van der Waals surface area (Å²) in [5, 5.41) is 12.6. The van der Waals surface area contributed by atoms with E-state index >= 15 is 0 Å². The van der Waals surface area contributed by atoms with Gasteiger partial charge in [0.2, 0.25) is 15.9 Å². The Morgan fingerprint density at radius 2 is 1.88 bits per heavy atom. The van der Waals surface area contributed by atoms with E-state index < -0.39 is 28.1 Å². The van der Waals surface area contributed by atoms with Gasteiger partial charge in [0.15, 0.2) is 0 Å². The van der Waals surface area contributed by atoms with Crippen molar-refractivity contribution >= 4 is 15.9 Å². The second-order valence-corrected chi connectivity index (χ2v) is 9.82. The second kappa shape index (κ2) is 7.50. The Morgan fingerprint density at radius 1 is 1.31 bits per heavy atom. The van der Waals surface area contributed by atoms with Crippen LogP contribution in [0.3, 0.4) is 0 Å². The lowest BCUT2D eigenvalue weighted by atomic mass is 9.87. The van der Waals surface area contributed by atoms with Crippen molar-refractivity contribution in [3.8, 4) is 0 Å². The number of β-amino-alcohol motifs (C(OH)–C–C–N with tert-alkyl or cyclic N) is 1. The van der Waals surface area contributed by atoms with Crippen LogP contribution in [0.15, 0.2) is 41.3 Å². The number of sulfonamides is 1. The number of carbonyl (C=O) groups is 1. The van der Waals surface area contributed by atoms with E-state index in [0.29, 0.717) is 0 Å². The van der Waals surface area contributed by atoms with Crippen LogP contribution in [0.5, 0.6) is 0 Å². The molecule has 0 unspecified atom stereocenters. The van der Waals surface area contributed by atoms with Gasteiger partial charge in [-0.2, -0.15) is 4.31 Å². The number of hydrogen-bond donors (Lipinski definition) is 2. The number of aliphatic hydroxyl groups excluding tert-OH is 1. The van der Waals surface area contributed by atoms with Crippen LogP contribution in [0, 0.1) is 0 Å². The molecule has 1 heterocycles. The monoisotopic (exact) mass is 380 g/mol. The number of aliphatic hydroxyl groups is 1. The molecular weight excluding hydrogens is 352 g/mol. The van der Waals surface area contributed by atoms with Gasteiger partial charge in [-0.3, -0.25) is 4.79 Å². The van der Waals surface area contributed by atoms with E-state index in [9.17, 15) is 18.3 Å². The van der Waals surface area contributed by atoms with E-state index in [0.717, 1.165) is 15.4 Å². The molecule has 7 heteroatoms. The van der Waals surface area contributed by atoms with Crippen LogP contribution in [-0.4, -0.2) is 49.0 Å². The van der Waals surface area contributed by atoms with Crippen LogP contribution in [0.4, 0.5) is 0 Å². The smallest absolute Gasteiger partial charge is 0.243 e. The van der Waals surface area contributed by atoms with Crippen LogP contribution in [0.2, 0.25) is 0 Å². The lowest BCUT2D eigenvalue weighted by Crippen LogP contribution is -2.46. The summed E-state index contributed by atoms with van der Waals surface area (Å²) in [6.07, 6.45) is -0.777. The van der Waals surface area contributed by atoms with Crippen molar-refractivity contribution in [2.75, 3.05) is 13.1 Å². The fraction of sp³-hybridized carbons (Fsp3) is 0.526. The number of rotatable bonds is 5. The van der Waals surface area contributed by atoms with Gasteiger partial charge in [-0.25, -0.2) is 8.42 Å². The minimum Gasteiger partial charge on any atom is -0.392 e. The Kier molecular flexibility index (Phi) is 5.95. The van der Waals surface area contributed by atoms with Gasteiger partial charge in [-0.05, 0) is 30.0 Å². The number of carbonyl (C=O) groups excluding carboxylic acids is 1. The molecule has 0 aromatic heterocycles. The first-order valence-corrected chi connectivity index (χ1v) is 10.1. The fourth-order valence-corrected chi connectivity index (χ4v) is 4.54. The van der Waals surface area contributed by atoms with Gasteiger partial charge in [0.1, 0.15) is 6.04 Å². The van der Waals surface area contributed by atoms with Gasteiger partial charge in [0, 0.05) is 19.5 Å². The molecule has 2 N–H and O–H groups in total. The van der Waals surface area contributed by atoms with E-state index in [1.165, 1.54) is 0 Å². The highest BCUT2D eigenvalue weighted by atomic mass is 32.2. The highest BCUT2D eigenvalue weighted by molar-refractivity contribution is 7.89. The third-order valence-electron chi connectivity index (χ3n) is 4.43. The summed E-state index contributed by atoms with van der Waals surface area (Å²) in [5.74, 6) is -0.417. The number of amides is 1. The van der Waals surface area contributed by atoms with Crippen molar-refractivity contribution in [2.45, 2.75) is 56.6 Å². The van der Waals surface area contributed by atoms with E-state index in [1.54, 1.807) is 31.2 Å². The molecule has 1 amide bonds. The Bertz CT molecular complexity index is 779. The minimum absolute atomic E-state index is 0.0847. The van der Waals surface area contributed by atoms with Crippen LogP contribution >= 0.6 is 0 Å². The zero-order valence-electron chi connectivity index (χ0n) is 15.8. The molecule has 6 nitrogen and oxygen atoms in total. The van der Waals surface area contributed by atoms with Crippen molar-refractivity contribution in [2.24, 2.45) is 0 Å². The van der Waals surface area contributed by atoms with E-state index in [2.05, 4.69) is 32.7 Å². The SMILES string of the molecule is C=C(C)CNC(=O)[C@@H]1C[C@@H](O)CN1S(=O)(=O)c1ccc(C(C)(C)C)cc1. The summed E-state index contributed by atoms with van der Waals surface area (Å²) in [4.78, 5) is 12.5. The molecule has 0 bridgehead atoms. The van der Waals surface area contributed by atoms with Gasteiger partial charge >= 0.3 is 0 Å². The Balaban J connectivity index is 2.27. The predicted octanol–water partition coefficient (Wildman–Crippen LogP) is 1.80. The third-order valence-corrected chi connectivity index (χ3v) is 6.32. The molecule has 1 fully saturated rings. The molecule has 2 rings (SSSR count). The Morgan fingerprint density at radius 3 is 2.38 bits per heavy atom. The zero-order chi connectivity index (χ0) is 19.7. The van der Waals surface area contributed by atoms with Crippen LogP contribution in [0.1, 0.15) is 39.7 Å². The van der Waals surface area contributed by atoms with Crippen molar-refractivity contribution in [1.29, 1.82) is 0 Å². The zero-order valence-corrected chi connectivity index (χ0v) is 16.6. The molecule has 1 aromatic rings. The third kappa shape index (κ3) is 4.52. The molecule has 1 saturated heterocycles. The average molecular weight is 381 g/mol. The fourth-order valence-electron chi connectivity index (χ4n) is 2.91. The average Bonchev–Trinajstić information content (AvgIpc) is 2.94. The lowest BCUT2D eigenvalue weighted by Gasteiger charge is -2.24. The molecule has 1 aliphatic rings. The first-order chi connectivity index (χ1) is 11.9. The highest BCUT2D eigenvalue weighted by Gasteiger charge is 2.43. The maximum atomic E-state index is 13.0. The normalized spacial score (nSPS) is 21.6. The van der Waals surface area contributed by atoms with E-state index in [-0.39, 0.29) is 29.8 Å². The van der Waals surface area contributed by atoms with Crippen molar-refractivity contribution < 1.29 is 18.3 Å².